The lowest BCUT2D eigenvalue weighted by molar-refractivity contribution is 0.697. The van der Waals surface area contributed by atoms with E-state index in [1.807, 2.05) is 0 Å². The van der Waals surface area contributed by atoms with Crippen molar-refractivity contribution in [2.45, 2.75) is 41.5 Å². The summed E-state index contributed by atoms with van der Waals surface area (Å²) < 4.78 is 0. The Morgan fingerprint density at radius 1 is 0.882 bits per heavy atom. The quantitative estimate of drug-likeness (QED) is 0.406. The van der Waals surface area contributed by atoms with Gasteiger partial charge in [0.1, 0.15) is 0 Å². The Labute approximate surface area is 111 Å². The van der Waals surface area contributed by atoms with Crippen molar-refractivity contribution >= 4 is 16.6 Å². The Morgan fingerprint density at radius 2 is 1.18 bits per heavy atom. The molecule has 0 fully saturated rings. The van der Waals surface area contributed by atoms with E-state index in [0.29, 0.717) is 17.8 Å². The molecule has 0 aliphatic rings. The molecular weight excluding hydrogens is 245 g/mol. The minimum absolute atomic E-state index is 0.650. The molecule has 0 aliphatic carbocycles. The molecule has 1 atom stereocenters. The van der Waals surface area contributed by atoms with Crippen LogP contribution in [0.3, 0.4) is 0 Å². The van der Waals surface area contributed by atoms with E-state index in [-0.39, 0.29) is 0 Å². The molecule has 1 unspecified atom stereocenters. The first-order chi connectivity index (χ1) is 7.68. The highest BCUT2D eigenvalue weighted by Gasteiger charge is 2.41. The van der Waals surface area contributed by atoms with Gasteiger partial charge in [-0.1, -0.05) is 49.3 Å². The van der Waals surface area contributed by atoms with Gasteiger partial charge in [-0.05, 0) is 41.7 Å². The van der Waals surface area contributed by atoms with Crippen molar-refractivity contribution in [1.29, 1.82) is 5.26 Å². The first-order valence-corrected chi connectivity index (χ1v) is 11.9. The van der Waals surface area contributed by atoms with Gasteiger partial charge in [-0.3, -0.25) is 0 Å². The molecule has 0 amide bonds. The summed E-state index contributed by atoms with van der Waals surface area (Å²) in [5.41, 5.74) is 0. The first kappa shape index (κ1) is 17.3. The summed E-state index contributed by atoms with van der Waals surface area (Å²) in [5, 5.41) is 12.9. The van der Waals surface area contributed by atoms with Crippen LogP contribution in [-0.2, 0) is 0 Å². The molecule has 0 saturated heterocycles. The fourth-order valence-corrected chi connectivity index (χ4v) is 15.2. The number of nitriles is 1. The van der Waals surface area contributed by atoms with E-state index in [9.17, 15) is 5.26 Å². The van der Waals surface area contributed by atoms with Gasteiger partial charge in [0.15, 0.2) is 0 Å². The molecule has 0 rings (SSSR count). The average molecular weight is 277 g/mol. The molecule has 1 nitrogen and oxygen atoms in total. The number of thiocyanates is 1. The van der Waals surface area contributed by atoms with Gasteiger partial charge in [0.2, 0.25) is 0 Å². The van der Waals surface area contributed by atoms with Crippen molar-refractivity contribution in [3.05, 3.63) is 0 Å². The SMILES string of the molecule is CP[SH](C#N)(CC(C)C)(CC(C)C)CC(C)C. The van der Waals surface area contributed by atoms with Gasteiger partial charge >= 0.3 is 0 Å². The number of hydrogen-bond acceptors (Lipinski definition) is 1. The molecule has 0 aliphatic heterocycles. The smallest absolute Gasteiger partial charge is 0.0993 e. The van der Waals surface area contributed by atoms with Crippen LogP contribution in [0.15, 0.2) is 0 Å². The van der Waals surface area contributed by atoms with E-state index >= 15 is 0 Å². The average Bonchev–Trinajstić information content (AvgIpc) is 2.14. The lowest BCUT2D eigenvalue weighted by atomic mass is 10.3. The number of nitrogens with zero attached hydrogens (tertiary/aromatic N) is 1. The molecule has 104 valence electrons. The molecule has 0 aromatic carbocycles. The van der Waals surface area contributed by atoms with Crippen LogP contribution in [0.5, 0.6) is 0 Å². The normalized spacial score (nSPS) is 15.7. The standard InChI is InChI=1S/C14H32NPS/c1-12(2)8-17(11-15,16-7,9-13(3)4)10-14(5)6/h12-14,16-17H,8-10H2,1-7H3. The van der Waals surface area contributed by atoms with Gasteiger partial charge in [0.05, 0.1) is 5.40 Å². The molecule has 0 radical (unpaired) electrons. The topological polar surface area (TPSA) is 23.8 Å². The Bertz CT molecular complexity index is 249. The molecule has 17 heavy (non-hydrogen) atoms. The second-order valence-electron chi connectivity index (χ2n) is 6.78. The second kappa shape index (κ2) is 6.44. The summed E-state index contributed by atoms with van der Waals surface area (Å²) in [5.74, 6) is 5.47. The van der Waals surface area contributed by atoms with Crippen LogP contribution >= 0.6 is 16.6 Å². The monoisotopic (exact) mass is 277 g/mol. The van der Waals surface area contributed by atoms with E-state index in [1.54, 1.807) is 0 Å². The third-order valence-corrected chi connectivity index (χ3v) is 15.3. The second-order valence-corrected chi connectivity index (χ2v) is 16.8. The van der Waals surface area contributed by atoms with Gasteiger partial charge in [-0.15, -0.1) is 0 Å². The van der Waals surface area contributed by atoms with Crippen molar-refractivity contribution in [3.63, 3.8) is 0 Å². The van der Waals surface area contributed by atoms with Crippen LogP contribution in [0.25, 0.3) is 0 Å². The molecular formula is C14H32NPS. The molecule has 0 saturated carbocycles. The summed E-state index contributed by atoms with van der Waals surface area (Å²) in [4.78, 5) is 0. The molecule has 3 heteroatoms. The molecule has 0 aromatic rings. The maximum absolute atomic E-state index is 9.99. The number of hydrogen-bond donors (Lipinski definition) is 1. The summed E-state index contributed by atoms with van der Waals surface area (Å²) in [6, 6.07) is 0. The molecule has 0 aromatic heterocycles. The lowest BCUT2D eigenvalue weighted by Crippen LogP contribution is -2.30. The van der Waals surface area contributed by atoms with Crippen molar-refractivity contribution in [1.82, 2.24) is 0 Å². The van der Waals surface area contributed by atoms with Crippen LogP contribution in [-0.4, -0.2) is 23.9 Å². The molecule has 0 N–H and O–H groups in total. The molecule has 0 spiro atoms. The highest BCUT2D eigenvalue weighted by molar-refractivity contribution is 8.86. The summed E-state index contributed by atoms with van der Waals surface area (Å²) in [6.45, 7) is 15.9. The molecule has 0 bridgehead atoms. The fourth-order valence-electron chi connectivity index (χ4n) is 3.31. The Balaban J connectivity index is 5.44. The third-order valence-electron chi connectivity index (χ3n) is 3.27. The fraction of sp³-hybridized carbons (Fsp3) is 0.929. The highest BCUT2D eigenvalue weighted by Crippen LogP contribution is 2.82. The zero-order chi connectivity index (χ0) is 13.7. The predicted octanol–water partition coefficient (Wildman–Crippen LogP) is 4.73. The summed E-state index contributed by atoms with van der Waals surface area (Å²) in [6.07, 6.45) is 0. The van der Waals surface area contributed by atoms with E-state index < -0.39 is 8.78 Å². The Morgan fingerprint density at radius 3 is 1.29 bits per heavy atom. The van der Waals surface area contributed by atoms with Crippen LogP contribution in [0.2, 0.25) is 0 Å². The summed E-state index contributed by atoms with van der Waals surface area (Å²) in [7, 11) is -1.29. The van der Waals surface area contributed by atoms with Crippen molar-refractivity contribution in [2.24, 2.45) is 17.8 Å². The highest BCUT2D eigenvalue weighted by atomic mass is 32.8. The maximum atomic E-state index is 9.99. The molecule has 0 heterocycles. The van der Waals surface area contributed by atoms with Crippen molar-refractivity contribution in [2.75, 3.05) is 23.9 Å². The zero-order valence-electron chi connectivity index (χ0n) is 12.7. The maximum Gasteiger partial charge on any atom is 0.0993 e. The van der Waals surface area contributed by atoms with Crippen molar-refractivity contribution in [3.8, 4) is 5.40 Å². The number of thiol groups is 1. The largest absolute Gasteiger partial charge is 0.198 e. The van der Waals surface area contributed by atoms with Crippen LogP contribution in [0.1, 0.15) is 41.5 Å². The minimum atomic E-state index is -2.13. The van der Waals surface area contributed by atoms with E-state index in [0.717, 1.165) is 7.78 Å². The van der Waals surface area contributed by atoms with E-state index in [1.165, 1.54) is 17.3 Å². The van der Waals surface area contributed by atoms with Gasteiger partial charge in [-0.25, -0.2) is 0 Å². The van der Waals surface area contributed by atoms with Gasteiger partial charge in [0.25, 0.3) is 0 Å². The summed E-state index contributed by atoms with van der Waals surface area (Å²) >= 11 is 0. The first-order valence-electron chi connectivity index (χ1n) is 6.81. The predicted molar refractivity (Wildman–Crippen MR) is 88.0 cm³/mol. The van der Waals surface area contributed by atoms with Gasteiger partial charge in [0, 0.05) is 0 Å². The Kier molecular flexibility index (Phi) is 6.54. The van der Waals surface area contributed by atoms with Gasteiger partial charge in [-0.2, -0.15) is 14.0 Å². The third kappa shape index (κ3) is 4.80. The van der Waals surface area contributed by atoms with E-state index in [2.05, 4.69) is 53.6 Å². The van der Waals surface area contributed by atoms with E-state index in [4.69, 9.17) is 0 Å². The van der Waals surface area contributed by atoms with Crippen molar-refractivity contribution < 1.29 is 0 Å². The van der Waals surface area contributed by atoms with Crippen LogP contribution < -0.4 is 0 Å². The van der Waals surface area contributed by atoms with Crippen LogP contribution in [0.4, 0.5) is 0 Å². The number of rotatable bonds is 7. The zero-order valence-corrected chi connectivity index (χ0v) is 14.6. The minimum Gasteiger partial charge on any atom is -0.198 e. The van der Waals surface area contributed by atoms with Crippen LogP contribution in [0, 0.1) is 28.4 Å². The Hall–Kier alpha value is 0.270. The van der Waals surface area contributed by atoms with Gasteiger partial charge < -0.3 is 0 Å². The lowest BCUT2D eigenvalue weighted by Gasteiger charge is -2.58.